The van der Waals surface area contributed by atoms with E-state index in [1.165, 1.54) is 23.5 Å². The molecule has 31 heavy (non-hydrogen) atoms. The first-order valence-electron chi connectivity index (χ1n) is 9.67. The number of hydrogen-bond donors (Lipinski definition) is 1. The zero-order valence-corrected chi connectivity index (χ0v) is 17.9. The molecule has 0 aliphatic carbocycles. The molecule has 0 saturated carbocycles. The molecule has 2 aromatic carbocycles. The summed E-state index contributed by atoms with van der Waals surface area (Å²) in [5.41, 5.74) is 2.51. The zero-order chi connectivity index (χ0) is 22.2. The number of rotatable bonds is 9. The second-order valence-electron chi connectivity index (χ2n) is 6.52. The summed E-state index contributed by atoms with van der Waals surface area (Å²) >= 11 is 1.48. The fourth-order valence-corrected chi connectivity index (χ4v) is 3.65. The Morgan fingerprint density at radius 3 is 2.68 bits per heavy atom. The van der Waals surface area contributed by atoms with Crippen LogP contribution in [-0.2, 0) is 4.79 Å². The quantitative estimate of drug-likeness (QED) is 0.430. The molecule has 5 nitrogen and oxygen atoms in total. The minimum atomic E-state index is -2.94. The Hall–Kier alpha value is -3.26. The van der Waals surface area contributed by atoms with Crippen LogP contribution in [0.2, 0.25) is 0 Å². The Labute approximate surface area is 183 Å². The Balaban J connectivity index is 1.63. The van der Waals surface area contributed by atoms with E-state index in [2.05, 4.69) is 15.0 Å². The first-order chi connectivity index (χ1) is 15.0. The van der Waals surface area contributed by atoms with Crippen LogP contribution in [0.5, 0.6) is 11.5 Å². The van der Waals surface area contributed by atoms with Gasteiger partial charge in [-0.05, 0) is 37.6 Å². The first kappa shape index (κ1) is 22.4. The fraction of sp³-hybridized carbons (Fsp3) is 0.217. The van der Waals surface area contributed by atoms with Crippen LogP contribution in [0, 0.1) is 0 Å². The zero-order valence-electron chi connectivity index (χ0n) is 17.0. The molecular weight excluding hydrogens is 422 g/mol. The molecule has 1 aromatic heterocycles. The standard InChI is InChI=1S/C23H22F2N2O3S/c1-3-29-20-13-16(9-11-19(20)30-23(24)25)10-12-21(28)26-15(2)22-27-18(14-31-22)17-7-5-4-6-8-17/h4-15,23H,3H2,1-2H3,(H,26,28). The Bertz CT molecular complexity index is 1040. The van der Waals surface area contributed by atoms with Gasteiger partial charge < -0.3 is 14.8 Å². The molecule has 8 heteroatoms. The minimum absolute atomic E-state index is 0.0509. The van der Waals surface area contributed by atoms with Gasteiger partial charge in [0, 0.05) is 17.0 Å². The van der Waals surface area contributed by atoms with Crippen molar-refractivity contribution >= 4 is 23.3 Å². The van der Waals surface area contributed by atoms with Crippen molar-refractivity contribution < 1.29 is 23.0 Å². The topological polar surface area (TPSA) is 60.5 Å². The number of benzene rings is 2. The lowest BCUT2D eigenvalue weighted by Gasteiger charge is -2.12. The van der Waals surface area contributed by atoms with Crippen molar-refractivity contribution in [1.29, 1.82) is 0 Å². The molecule has 0 saturated heterocycles. The van der Waals surface area contributed by atoms with Crippen LogP contribution in [0.15, 0.2) is 60.0 Å². The van der Waals surface area contributed by atoms with E-state index in [4.69, 9.17) is 4.74 Å². The van der Waals surface area contributed by atoms with Crippen molar-refractivity contribution in [3.05, 3.63) is 70.6 Å². The van der Waals surface area contributed by atoms with E-state index in [-0.39, 0.29) is 23.4 Å². The van der Waals surface area contributed by atoms with Crippen LogP contribution in [-0.4, -0.2) is 24.1 Å². The number of halogens is 2. The Kier molecular flexibility index (Phi) is 7.72. The van der Waals surface area contributed by atoms with Gasteiger partial charge in [0.05, 0.1) is 18.3 Å². The van der Waals surface area contributed by atoms with Crippen molar-refractivity contribution in [3.63, 3.8) is 0 Å². The first-order valence-corrected chi connectivity index (χ1v) is 10.5. The van der Waals surface area contributed by atoms with Crippen molar-refractivity contribution in [2.45, 2.75) is 26.5 Å². The lowest BCUT2D eigenvalue weighted by atomic mass is 10.2. The van der Waals surface area contributed by atoms with Gasteiger partial charge in [-0.15, -0.1) is 11.3 Å². The van der Waals surface area contributed by atoms with Crippen molar-refractivity contribution in [2.75, 3.05) is 6.61 Å². The largest absolute Gasteiger partial charge is 0.490 e. The molecule has 0 aliphatic rings. The summed E-state index contributed by atoms with van der Waals surface area (Å²) in [6, 6.07) is 14.1. The molecule has 0 bridgehead atoms. The maximum atomic E-state index is 12.5. The maximum Gasteiger partial charge on any atom is 0.387 e. The number of ether oxygens (including phenoxy) is 2. The maximum absolute atomic E-state index is 12.5. The number of hydrogen-bond acceptors (Lipinski definition) is 5. The highest BCUT2D eigenvalue weighted by Crippen LogP contribution is 2.30. The molecule has 1 unspecified atom stereocenters. The molecule has 0 fully saturated rings. The van der Waals surface area contributed by atoms with Crippen LogP contribution < -0.4 is 14.8 Å². The van der Waals surface area contributed by atoms with E-state index < -0.39 is 6.61 Å². The number of nitrogens with one attached hydrogen (secondary N) is 1. The predicted octanol–water partition coefficient (Wildman–Crippen LogP) is 5.70. The van der Waals surface area contributed by atoms with Gasteiger partial charge in [0.2, 0.25) is 5.91 Å². The second kappa shape index (κ2) is 10.7. The molecule has 3 rings (SSSR count). The number of nitrogens with zero attached hydrogens (tertiary/aromatic N) is 1. The fourth-order valence-electron chi connectivity index (χ4n) is 2.81. The monoisotopic (exact) mass is 444 g/mol. The summed E-state index contributed by atoms with van der Waals surface area (Å²) in [4.78, 5) is 16.9. The van der Waals surface area contributed by atoms with E-state index in [0.717, 1.165) is 16.3 Å². The average Bonchev–Trinajstić information content (AvgIpc) is 3.25. The van der Waals surface area contributed by atoms with Crippen LogP contribution in [0.4, 0.5) is 8.78 Å². The van der Waals surface area contributed by atoms with Crippen LogP contribution >= 0.6 is 11.3 Å². The number of thiazole rings is 1. The van der Waals surface area contributed by atoms with Crippen molar-refractivity contribution in [1.82, 2.24) is 10.3 Å². The van der Waals surface area contributed by atoms with Gasteiger partial charge in [-0.2, -0.15) is 8.78 Å². The summed E-state index contributed by atoms with van der Waals surface area (Å²) in [6.07, 6.45) is 2.95. The number of alkyl halides is 2. The highest BCUT2D eigenvalue weighted by molar-refractivity contribution is 7.10. The van der Waals surface area contributed by atoms with Gasteiger partial charge >= 0.3 is 6.61 Å². The van der Waals surface area contributed by atoms with E-state index in [9.17, 15) is 13.6 Å². The van der Waals surface area contributed by atoms with Gasteiger partial charge in [0.15, 0.2) is 11.5 Å². The molecule has 3 aromatic rings. The van der Waals surface area contributed by atoms with Crippen LogP contribution in [0.1, 0.15) is 30.5 Å². The van der Waals surface area contributed by atoms with E-state index in [0.29, 0.717) is 12.2 Å². The van der Waals surface area contributed by atoms with E-state index >= 15 is 0 Å². The Morgan fingerprint density at radius 1 is 1.19 bits per heavy atom. The SMILES string of the molecule is CCOc1cc(C=CC(=O)NC(C)c2nc(-c3ccccc3)cs2)ccc1OC(F)F. The third-order valence-electron chi connectivity index (χ3n) is 4.23. The second-order valence-corrected chi connectivity index (χ2v) is 7.41. The van der Waals surface area contributed by atoms with Crippen molar-refractivity contribution in [2.24, 2.45) is 0 Å². The summed E-state index contributed by atoms with van der Waals surface area (Å²) in [6.45, 7) is 0.957. The molecule has 1 amide bonds. The number of amides is 1. The molecule has 1 N–H and O–H groups in total. The lowest BCUT2D eigenvalue weighted by Crippen LogP contribution is -2.24. The lowest BCUT2D eigenvalue weighted by molar-refractivity contribution is -0.117. The van der Waals surface area contributed by atoms with Gasteiger partial charge in [0.1, 0.15) is 5.01 Å². The smallest absolute Gasteiger partial charge is 0.387 e. The molecule has 0 spiro atoms. The summed E-state index contributed by atoms with van der Waals surface area (Å²) in [7, 11) is 0. The van der Waals surface area contributed by atoms with E-state index in [1.807, 2.05) is 42.6 Å². The van der Waals surface area contributed by atoms with Crippen LogP contribution in [0.3, 0.4) is 0 Å². The number of carbonyl (C=O) groups excluding carboxylic acids is 1. The van der Waals surface area contributed by atoms with E-state index in [1.54, 1.807) is 25.1 Å². The molecule has 0 radical (unpaired) electrons. The molecule has 1 atom stereocenters. The van der Waals surface area contributed by atoms with Gasteiger partial charge in [-0.1, -0.05) is 36.4 Å². The molecule has 162 valence electrons. The highest BCUT2D eigenvalue weighted by atomic mass is 32.1. The van der Waals surface area contributed by atoms with Gasteiger partial charge in [0.25, 0.3) is 0 Å². The number of aromatic nitrogens is 1. The minimum Gasteiger partial charge on any atom is -0.490 e. The number of carbonyl (C=O) groups is 1. The van der Waals surface area contributed by atoms with Gasteiger partial charge in [-0.25, -0.2) is 4.98 Å². The third kappa shape index (κ3) is 6.36. The molecule has 0 aliphatic heterocycles. The highest BCUT2D eigenvalue weighted by Gasteiger charge is 2.14. The Morgan fingerprint density at radius 2 is 1.97 bits per heavy atom. The molecule has 1 heterocycles. The summed E-state index contributed by atoms with van der Waals surface area (Å²) in [5, 5.41) is 5.63. The summed E-state index contributed by atoms with van der Waals surface area (Å²) < 4.78 is 34.8. The average molecular weight is 445 g/mol. The summed E-state index contributed by atoms with van der Waals surface area (Å²) in [5.74, 6) is -0.158. The predicted molar refractivity (Wildman–Crippen MR) is 117 cm³/mol. The van der Waals surface area contributed by atoms with Crippen molar-refractivity contribution in [3.8, 4) is 22.8 Å². The van der Waals surface area contributed by atoms with Gasteiger partial charge in [-0.3, -0.25) is 4.79 Å². The van der Waals surface area contributed by atoms with Crippen LogP contribution in [0.25, 0.3) is 17.3 Å². The molecular formula is C23H22F2N2O3S. The normalized spacial score (nSPS) is 12.2. The third-order valence-corrected chi connectivity index (χ3v) is 5.26.